The highest BCUT2D eigenvalue weighted by Crippen LogP contribution is 2.15. The van der Waals surface area contributed by atoms with Crippen molar-refractivity contribution in [3.8, 4) is 0 Å². The van der Waals surface area contributed by atoms with Crippen LogP contribution in [0.25, 0.3) is 6.08 Å². The van der Waals surface area contributed by atoms with Crippen molar-refractivity contribution in [2.75, 3.05) is 13.2 Å². The van der Waals surface area contributed by atoms with Crippen LogP contribution in [0.5, 0.6) is 0 Å². The zero-order chi connectivity index (χ0) is 20.4. The van der Waals surface area contributed by atoms with Crippen molar-refractivity contribution in [1.82, 2.24) is 4.90 Å². The van der Waals surface area contributed by atoms with Crippen LogP contribution < -0.4 is 0 Å². The van der Waals surface area contributed by atoms with Crippen LogP contribution in [0.1, 0.15) is 24.5 Å². The second kappa shape index (κ2) is 10.6. The zero-order valence-corrected chi connectivity index (χ0v) is 15.6. The maximum atomic E-state index is 12.7. The first-order chi connectivity index (χ1) is 13.5. The molecule has 0 radical (unpaired) electrons. The van der Waals surface area contributed by atoms with E-state index in [1.54, 1.807) is 24.0 Å². The van der Waals surface area contributed by atoms with Crippen LogP contribution in [-0.4, -0.2) is 34.9 Å². The van der Waals surface area contributed by atoms with Gasteiger partial charge in [-0.2, -0.15) is 0 Å². The first kappa shape index (κ1) is 20.8. The molecule has 0 N–H and O–H groups in total. The Morgan fingerprint density at radius 2 is 1.89 bits per heavy atom. The molecule has 7 heteroatoms. The van der Waals surface area contributed by atoms with Crippen molar-refractivity contribution in [2.45, 2.75) is 19.9 Å². The van der Waals surface area contributed by atoms with E-state index in [4.69, 9.17) is 4.74 Å². The summed E-state index contributed by atoms with van der Waals surface area (Å²) in [5.74, 6) is -0.657. The second-order valence-electron chi connectivity index (χ2n) is 5.99. The Morgan fingerprint density at radius 3 is 2.57 bits per heavy atom. The highest BCUT2D eigenvalue weighted by Gasteiger charge is 2.14. The third kappa shape index (κ3) is 6.68. The maximum absolute atomic E-state index is 12.7. The van der Waals surface area contributed by atoms with Gasteiger partial charge in [-0.05, 0) is 24.1 Å². The maximum Gasteiger partial charge on any atom is 0.307 e. The minimum absolute atomic E-state index is 0.0435. The van der Waals surface area contributed by atoms with Crippen LogP contribution in [0.4, 0.5) is 5.69 Å². The molecule has 0 saturated heterocycles. The number of carbonyl (C=O) groups is 2. The smallest absolute Gasteiger partial charge is 0.307 e. The van der Waals surface area contributed by atoms with Crippen LogP contribution >= 0.6 is 0 Å². The van der Waals surface area contributed by atoms with E-state index < -0.39 is 4.92 Å². The predicted molar refractivity (Wildman–Crippen MR) is 105 cm³/mol. The lowest BCUT2D eigenvalue weighted by molar-refractivity contribution is -0.384. The van der Waals surface area contributed by atoms with Gasteiger partial charge in [-0.3, -0.25) is 19.7 Å². The molecule has 7 nitrogen and oxygen atoms in total. The monoisotopic (exact) mass is 382 g/mol. The molecule has 0 spiro atoms. The molecule has 0 aliphatic carbocycles. The SMILES string of the molecule is CCOC(=O)CCN(Cc1ccccc1)C(=O)/C=C/c1cccc([N+](=O)[O-])c1. The summed E-state index contributed by atoms with van der Waals surface area (Å²) in [6, 6.07) is 15.5. The first-order valence-electron chi connectivity index (χ1n) is 8.90. The third-order valence-electron chi connectivity index (χ3n) is 3.92. The molecular weight excluding hydrogens is 360 g/mol. The average Bonchev–Trinajstić information content (AvgIpc) is 2.70. The van der Waals surface area contributed by atoms with E-state index in [0.717, 1.165) is 5.56 Å². The van der Waals surface area contributed by atoms with Gasteiger partial charge in [-0.25, -0.2) is 0 Å². The highest BCUT2D eigenvalue weighted by molar-refractivity contribution is 5.92. The quantitative estimate of drug-likeness (QED) is 0.286. The number of ether oxygens (including phenoxy) is 1. The number of nitro groups is 1. The molecule has 0 heterocycles. The molecule has 0 aliphatic rings. The lowest BCUT2D eigenvalue weighted by atomic mass is 10.1. The molecule has 2 rings (SSSR count). The first-order valence-corrected chi connectivity index (χ1v) is 8.90. The summed E-state index contributed by atoms with van der Waals surface area (Å²) in [5, 5.41) is 10.9. The van der Waals surface area contributed by atoms with Crippen molar-refractivity contribution in [3.05, 3.63) is 81.9 Å². The molecule has 0 saturated carbocycles. The average molecular weight is 382 g/mol. The Kier molecular flexibility index (Phi) is 7.90. The number of rotatable bonds is 9. The van der Waals surface area contributed by atoms with Gasteiger partial charge in [0.25, 0.3) is 5.69 Å². The molecular formula is C21H22N2O5. The van der Waals surface area contributed by atoms with E-state index in [0.29, 0.717) is 12.1 Å². The van der Waals surface area contributed by atoms with E-state index in [9.17, 15) is 19.7 Å². The van der Waals surface area contributed by atoms with Crippen molar-refractivity contribution in [1.29, 1.82) is 0 Å². The Labute approximate surface area is 163 Å². The number of non-ortho nitro benzene ring substituents is 1. The van der Waals surface area contributed by atoms with Crippen LogP contribution in [0.15, 0.2) is 60.7 Å². The van der Waals surface area contributed by atoms with Crippen LogP contribution in [0.3, 0.4) is 0 Å². The van der Waals surface area contributed by atoms with Gasteiger partial charge in [0.1, 0.15) is 0 Å². The van der Waals surface area contributed by atoms with Gasteiger partial charge in [0, 0.05) is 31.3 Å². The summed E-state index contributed by atoms with van der Waals surface area (Å²) in [6.07, 6.45) is 2.97. The standard InChI is InChI=1S/C21H22N2O5/c1-2-28-21(25)13-14-22(16-18-7-4-3-5-8-18)20(24)12-11-17-9-6-10-19(15-17)23(26)27/h3-12,15H,2,13-14,16H2,1H3/b12-11+. The fraction of sp³-hybridized carbons (Fsp3) is 0.238. The number of hydrogen-bond acceptors (Lipinski definition) is 5. The Bertz CT molecular complexity index is 849. The fourth-order valence-corrected chi connectivity index (χ4v) is 2.55. The van der Waals surface area contributed by atoms with Gasteiger partial charge < -0.3 is 9.64 Å². The van der Waals surface area contributed by atoms with Gasteiger partial charge in [-0.15, -0.1) is 0 Å². The van der Waals surface area contributed by atoms with E-state index >= 15 is 0 Å². The van der Waals surface area contributed by atoms with Gasteiger partial charge in [0.15, 0.2) is 0 Å². The minimum atomic E-state index is -0.486. The zero-order valence-electron chi connectivity index (χ0n) is 15.6. The molecule has 1 amide bonds. The van der Waals surface area contributed by atoms with Crippen molar-refractivity contribution < 1.29 is 19.2 Å². The van der Waals surface area contributed by atoms with Crippen molar-refractivity contribution in [3.63, 3.8) is 0 Å². The van der Waals surface area contributed by atoms with E-state index in [1.807, 2.05) is 30.3 Å². The van der Waals surface area contributed by atoms with Crippen molar-refractivity contribution in [2.24, 2.45) is 0 Å². The fourth-order valence-electron chi connectivity index (χ4n) is 2.55. The Morgan fingerprint density at radius 1 is 1.14 bits per heavy atom. The van der Waals surface area contributed by atoms with Crippen LogP contribution in [0, 0.1) is 10.1 Å². The van der Waals surface area contributed by atoms with Gasteiger partial charge >= 0.3 is 5.97 Å². The molecule has 0 fully saturated rings. The number of hydrogen-bond donors (Lipinski definition) is 0. The van der Waals surface area contributed by atoms with Crippen LogP contribution in [0.2, 0.25) is 0 Å². The molecule has 0 aromatic heterocycles. The lowest BCUT2D eigenvalue weighted by Gasteiger charge is -2.21. The number of carbonyl (C=O) groups excluding carboxylic acids is 2. The summed E-state index contributed by atoms with van der Waals surface area (Å²) in [6.45, 7) is 2.58. The summed E-state index contributed by atoms with van der Waals surface area (Å²) < 4.78 is 4.93. The van der Waals surface area contributed by atoms with E-state index in [-0.39, 0.29) is 37.1 Å². The number of esters is 1. The van der Waals surface area contributed by atoms with Gasteiger partial charge in [-0.1, -0.05) is 42.5 Å². The predicted octanol–water partition coefficient (Wildman–Crippen LogP) is 3.59. The molecule has 2 aromatic rings. The number of benzene rings is 2. The van der Waals surface area contributed by atoms with Gasteiger partial charge in [0.05, 0.1) is 18.0 Å². The second-order valence-corrected chi connectivity index (χ2v) is 5.99. The number of nitrogens with zero attached hydrogens (tertiary/aromatic N) is 2. The molecule has 2 aromatic carbocycles. The van der Waals surface area contributed by atoms with E-state index in [1.165, 1.54) is 24.3 Å². The molecule has 28 heavy (non-hydrogen) atoms. The summed E-state index contributed by atoms with van der Waals surface area (Å²) in [4.78, 5) is 36.2. The van der Waals surface area contributed by atoms with Crippen LogP contribution in [-0.2, 0) is 20.9 Å². The third-order valence-corrected chi connectivity index (χ3v) is 3.92. The normalized spacial score (nSPS) is 10.6. The molecule has 0 atom stereocenters. The minimum Gasteiger partial charge on any atom is -0.466 e. The van der Waals surface area contributed by atoms with Crippen molar-refractivity contribution >= 4 is 23.6 Å². The highest BCUT2D eigenvalue weighted by atomic mass is 16.6. The number of amides is 1. The molecule has 0 bridgehead atoms. The largest absolute Gasteiger partial charge is 0.466 e. The Hall–Kier alpha value is -3.48. The molecule has 146 valence electrons. The summed E-state index contributed by atoms with van der Waals surface area (Å²) in [7, 11) is 0. The Balaban J connectivity index is 2.11. The van der Waals surface area contributed by atoms with Gasteiger partial charge in [0.2, 0.25) is 5.91 Å². The molecule has 0 aliphatic heterocycles. The topological polar surface area (TPSA) is 89.8 Å². The lowest BCUT2D eigenvalue weighted by Crippen LogP contribution is -2.31. The van der Waals surface area contributed by atoms with E-state index in [2.05, 4.69) is 0 Å². The molecule has 0 unspecified atom stereocenters. The summed E-state index contributed by atoms with van der Waals surface area (Å²) >= 11 is 0. The number of nitro benzene ring substituents is 1. The summed E-state index contributed by atoms with van der Waals surface area (Å²) in [5.41, 5.74) is 1.44.